The number of nitrogens with one attached hydrogen (secondary N) is 2. The van der Waals surface area contributed by atoms with Crippen LogP contribution in [0.3, 0.4) is 0 Å². The van der Waals surface area contributed by atoms with Gasteiger partial charge in [-0.15, -0.1) is 0 Å². The number of alkyl carbamates (subject to hydrolysis) is 1. The van der Waals surface area contributed by atoms with Crippen LogP contribution >= 0.6 is 0 Å². The molecule has 2 aliphatic rings. The summed E-state index contributed by atoms with van der Waals surface area (Å²) in [5, 5.41) is 5.94. The number of anilines is 1. The number of ether oxygens (including phenoxy) is 1. The van der Waals surface area contributed by atoms with Crippen LogP contribution in [0.15, 0.2) is 121 Å². The molecular formula is C40H44N4O4. The smallest absolute Gasteiger partial charge is 0.407 e. The van der Waals surface area contributed by atoms with E-state index in [9.17, 15) is 14.4 Å². The number of carbonyl (C=O) groups excluding carboxylic acids is 3. The second-order valence-corrected chi connectivity index (χ2v) is 12.7. The summed E-state index contributed by atoms with van der Waals surface area (Å²) in [5.41, 5.74) is 3.35. The van der Waals surface area contributed by atoms with E-state index in [1.807, 2.05) is 89.8 Å². The van der Waals surface area contributed by atoms with E-state index in [-0.39, 0.29) is 24.3 Å². The van der Waals surface area contributed by atoms with Crippen molar-refractivity contribution in [3.8, 4) is 0 Å². The van der Waals surface area contributed by atoms with Crippen LogP contribution in [0.5, 0.6) is 0 Å². The molecule has 0 bridgehead atoms. The van der Waals surface area contributed by atoms with E-state index < -0.39 is 17.7 Å². The number of hydrogen-bond acceptors (Lipinski definition) is 5. The Morgan fingerprint density at radius 2 is 1.35 bits per heavy atom. The lowest BCUT2D eigenvalue weighted by Gasteiger charge is -2.52. The number of hydrogen-bond donors (Lipinski definition) is 2. The van der Waals surface area contributed by atoms with Crippen molar-refractivity contribution in [1.29, 1.82) is 0 Å². The van der Waals surface area contributed by atoms with Crippen LogP contribution in [-0.2, 0) is 20.9 Å². The molecule has 4 aromatic rings. The molecule has 248 valence electrons. The van der Waals surface area contributed by atoms with Crippen molar-refractivity contribution in [3.63, 3.8) is 0 Å². The highest BCUT2D eigenvalue weighted by atomic mass is 16.5. The van der Waals surface area contributed by atoms with Crippen LogP contribution in [0.2, 0.25) is 0 Å². The quantitative estimate of drug-likeness (QED) is 0.177. The fraction of sp³-hybridized carbons (Fsp3) is 0.325. The summed E-state index contributed by atoms with van der Waals surface area (Å²) in [6, 6.07) is 39.7. The Morgan fingerprint density at radius 3 is 1.96 bits per heavy atom. The monoisotopic (exact) mass is 644 g/mol. The summed E-state index contributed by atoms with van der Waals surface area (Å²) in [6.07, 6.45) is 2.46. The number of carbonyl (C=O) groups is 3. The molecule has 8 nitrogen and oxygen atoms in total. The van der Waals surface area contributed by atoms with Crippen LogP contribution in [0.4, 0.5) is 10.5 Å². The first-order valence-electron chi connectivity index (χ1n) is 17.0. The highest BCUT2D eigenvalue weighted by molar-refractivity contribution is 6.00. The van der Waals surface area contributed by atoms with Gasteiger partial charge in [0.1, 0.15) is 18.2 Å². The third-order valence-corrected chi connectivity index (χ3v) is 9.69. The van der Waals surface area contributed by atoms with Crippen LogP contribution < -0.4 is 15.5 Å². The van der Waals surface area contributed by atoms with Gasteiger partial charge in [-0.3, -0.25) is 9.59 Å². The lowest BCUT2D eigenvalue weighted by atomic mass is 9.79. The minimum absolute atomic E-state index is 0.0325. The zero-order chi connectivity index (χ0) is 33.2. The molecule has 2 saturated heterocycles. The maximum Gasteiger partial charge on any atom is 0.407 e. The van der Waals surface area contributed by atoms with Crippen LogP contribution in [-0.4, -0.2) is 60.6 Å². The third kappa shape index (κ3) is 7.71. The van der Waals surface area contributed by atoms with Gasteiger partial charge in [-0.2, -0.15) is 0 Å². The van der Waals surface area contributed by atoms with Gasteiger partial charge in [0.2, 0.25) is 11.8 Å². The Bertz CT molecular complexity index is 1590. The topological polar surface area (TPSA) is 91.0 Å². The van der Waals surface area contributed by atoms with Crippen LogP contribution in [0, 0.1) is 0 Å². The van der Waals surface area contributed by atoms with Gasteiger partial charge in [0.15, 0.2) is 0 Å². The van der Waals surface area contributed by atoms with E-state index >= 15 is 0 Å². The lowest BCUT2D eigenvalue weighted by Crippen LogP contribution is -2.73. The molecule has 2 aliphatic heterocycles. The van der Waals surface area contributed by atoms with Crippen LogP contribution in [0.25, 0.3) is 0 Å². The largest absolute Gasteiger partial charge is 0.445 e. The molecule has 0 saturated carbocycles. The van der Waals surface area contributed by atoms with Crippen molar-refractivity contribution in [2.24, 2.45) is 0 Å². The first-order chi connectivity index (χ1) is 23.5. The molecule has 1 spiro atoms. The van der Waals surface area contributed by atoms with Gasteiger partial charge in [-0.1, -0.05) is 109 Å². The van der Waals surface area contributed by atoms with E-state index in [2.05, 4.69) is 51.9 Å². The van der Waals surface area contributed by atoms with Gasteiger partial charge < -0.3 is 25.2 Å². The molecule has 2 heterocycles. The van der Waals surface area contributed by atoms with E-state index in [1.54, 1.807) is 0 Å². The SMILES string of the molecule is O=C(NCCCCC1NC(=O)C2(CCN(c3ccccc3)CC2)N(CC(c2ccccc2)c2ccccc2)C1=O)OCc1ccccc1. The predicted molar refractivity (Wildman–Crippen MR) is 187 cm³/mol. The van der Waals surface area contributed by atoms with Crippen molar-refractivity contribution >= 4 is 23.6 Å². The average molecular weight is 645 g/mol. The molecule has 1 unspecified atom stereocenters. The number of para-hydroxylation sites is 1. The molecule has 6 rings (SSSR count). The van der Waals surface area contributed by atoms with Gasteiger partial charge >= 0.3 is 6.09 Å². The number of nitrogens with zero attached hydrogens (tertiary/aromatic N) is 2. The second kappa shape index (κ2) is 15.7. The molecule has 8 heteroatoms. The van der Waals surface area contributed by atoms with Crippen molar-refractivity contribution in [1.82, 2.24) is 15.5 Å². The molecule has 0 aromatic heterocycles. The molecule has 0 radical (unpaired) electrons. The van der Waals surface area contributed by atoms with Gasteiger partial charge in [0, 0.05) is 37.8 Å². The number of piperidine rings is 1. The first-order valence-corrected chi connectivity index (χ1v) is 17.0. The van der Waals surface area contributed by atoms with E-state index in [0.717, 1.165) is 22.4 Å². The zero-order valence-electron chi connectivity index (χ0n) is 27.3. The van der Waals surface area contributed by atoms with Crippen LogP contribution in [0.1, 0.15) is 54.7 Å². The van der Waals surface area contributed by atoms with Gasteiger partial charge in [-0.25, -0.2) is 4.79 Å². The molecule has 0 aliphatic carbocycles. The summed E-state index contributed by atoms with van der Waals surface area (Å²) >= 11 is 0. The fourth-order valence-corrected chi connectivity index (χ4v) is 7.00. The molecule has 2 N–H and O–H groups in total. The summed E-state index contributed by atoms with van der Waals surface area (Å²) in [4.78, 5) is 45.1. The molecule has 1 atom stereocenters. The van der Waals surface area contributed by atoms with Crippen molar-refractivity contribution in [3.05, 3.63) is 138 Å². The van der Waals surface area contributed by atoms with Crippen molar-refractivity contribution in [2.75, 3.05) is 31.1 Å². The summed E-state index contributed by atoms with van der Waals surface area (Å²) < 4.78 is 5.31. The van der Waals surface area contributed by atoms with Gasteiger partial charge in [0.05, 0.1) is 0 Å². The predicted octanol–water partition coefficient (Wildman–Crippen LogP) is 6.28. The molecule has 3 amide bonds. The molecule has 48 heavy (non-hydrogen) atoms. The minimum Gasteiger partial charge on any atom is -0.445 e. The Hall–Kier alpha value is -5.11. The van der Waals surface area contributed by atoms with E-state index in [1.165, 1.54) is 0 Å². The highest BCUT2D eigenvalue weighted by Crippen LogP contribution is 2.38. The van der Waals surface area contributed by atoms with Crippen molar-refractivity contribution in [2.45, 2.75) is 56.2 Å². The number of rotatable bonds is 12. The maximum atomic E-state index is 14.5. The average Bonchev–Trinajstić information content (AvgIpc) is 3.14. The lowest BCUT2D eigenvalue weighted by molar-refractivity contribution is -0.159. The van der Waals surface area contributed by atoms with E-state index in [0.29, 0.717) is 58.3 Å². The summed E-state index contributed by atoms with van der Waals surface area (Å²) in [7, 11) is 0. The molecule has 2 fully saturated rings. The Labute approximate surface area is 283 Å². The Morgan fingerprint density at radius 1 is 0.792 bits per heavy atom. The fourth-order valence-electron chi connectivity index (χ4n) is 7.00. The normalized spacial score (nSPS) is 17.3. The first kappa shape index (κ1) is 32.8. The molecular weight excluding hydrogens is 600 g/mol. The van der Waals surface area contributed by atoms with Crippen molar-refractivity contribution < 1.29 is 19.1 Å². The number of unbranched alkanes of at least 4 members (excludes halogenated alkanes) is 1. The Kier molecular flexibility index (Phi) is 10.7. The Balaban J connectivity index is 1.15. The maximum absolute atomic E-state index is 14.5. The van der Waals surface area contributed by atoms with Gasteiger partial charge in [0.25, 0.3) is 0 Å². The van der Waals surface area contributed by atoms with E-state index in [4.69, 9.17) is 4.74 Å². The summed E-state index contributed by atoms with van der Waals surface area (Å²) in [6.45, 7) is 2.41. The number of piperazine rings is 1. The van der Waals surface area contributed by atoms with Gasteiger partial charge in [-0.05, 0) is 60.9 Å². The number of benzene rings is 4. The third-order valence-electron chi connectivity index (χ3n) is 9.69. The summed E-state index contributed by atoms with van der Waals surface area (Å²) in [5.74, 6) is -0.185. The zero-order valence-corrected chi connectivity index (χ0v) is 27.3. The number of amides is 3. The molecule has 4 aromatic carbocycles. The highest BCUT2D eigenvalue weighted by Gasteiger charge is 2.54. The second-order valence-electron chi connectivity index (χ2n) is 12.7. The standard InChI is InChI=1S/C40H44N4O4/c45-37-36(23-13-14-26-41-39(47)48-30-31-15-5-1-6-16-31)42-38(46)40(24-27-43(28-25-40)34-21-11-4-12-22-34)44(37)29-35(32-17-7-2-8-18-32)33-19-9-3-10-20-33/h1-12,15-22,35-36H,13-14,23-30H2,(H,41,47)(H,42,46). The minimum atomic E-state index is -0.926.